The molecule has 1 aliphatic carbocycles. The van der Waals surface area contributed by atoms with Gasteiger partial charge in [0.15, 0.2) is 11.6 Å². The van der Waals surface area contributed by atoms with Gasteiger partial charge in [-0.15, -0.1) is 0 Å². The van der Waals surface area contributed by atoms with Gasteiger partial charge < -0.3 is 15.0 Å². The van der Waals surface area contributed by atoms with E-state index in [1.165, 1.54) is 30.2 Å². The van der Waals surface area contributed by atoms with Gasteiger partial charge in [-0.25, -0.2) is 4.39 Å². The normalized spacial score (nSPS) is 20.8. The van der Waals surface area contributed by atoms with Crippen LogP contribution in [-0.4, -0.2) is 51.9 Å². The Balaban J connectivity index is 1.07. The number of halogens is 1. The first kappa shape index (κ1) is 21.7. The number of hydrogen-bond donors (Lipinski definition) is 1. The number of rotatable bonds is 5. The Kier molecular flexibility index (Phi) is 5.79. The smallest absolute Gasteiger partial charge is 0.251 e. The van der Waals surface area contributed by atoms with Crippen LogP contribution in [0.1, 0.15) is 48.7 Å². The van der Waals surface area contributed by atoms with E-state index in [1.54, 1.807) is 22.8 Å². The molecule has 3 aliphatic rings. The molecule has 1 N–H and O–H groups in total. The molecule has 0 bridgehead atoms. The zero-order valence-corrected chi connectivity index (χ0v) is 19.3. The van der Waals surface area contributed by atoms with Gasteiger partial charge in [-0.05, 0) is 81.4 Å². The number of aromatic nitrogens is 3. The molecule has 2 aromatic heterocycles. The van der Waals surface area contributed by atoms with Crippen molar-refractivity contribution in [2.75, 3.05) is 26.2 Å². The largest absolute Gasteiger partial charge is 0.486 e. The Morgan fingerprint density at radius 2 is 1.91 bits per heavy atom. The monoisotopic (exact) mass is 463 g/mol. The molecule has 0 spiro atoms. The van der Waals surface area contributed by atoms with E-state index in [4.69, 9.17) is 4.74 Å². The highest BCUT2D eigenvalue weighted by Crippen LogP contribution is 2.34. The van der Waals surface area contributed by atoms with Crippen LogP contribution in [0.15, 0.2) is 35.1 Å². The van der Waals surface area contributed by atoms with Crippen LogP contribution in [0.25, 0.3) is 10.9 Å². The maximum Gasteiger partial charge on any atom is 0.251 e. The molecule has 6 rings (SSSR count). The molecular weight excluding hydrogens is 433 g/mol. The van der Waals surface area contributed by atoms with Crippen LogP contribution in [0.2, 0.25) is 0 Å². The average molecular weight is 464 g/mol. The molecule has 1 saturated heterocycles. The number of fused-ring (bicyclic) bond motifs is 1. The van der Waals surface area contributed by atoms with E-state index in [1.807, 2.05) is 0 Å². The van der Waals surface area contributed by atoms with E-state index in [-0.39, 0.29) is 17.4 Å². The molecule has 4 heterocycles. The predicted octanol–water partition coefficient (Wildman–Crippen LogP) is 3.00. The van der Waals surface area contributed by atoms with Crippen molar-refractivity contribution in [2.45, 2.75) is 57.2 Å². The number of aryl methyl sites for hydroxylation is 2. The van der Waals surface area contributed by atoms with Gasteiger partial charge in [-0.1, -0.05) is 0 Å². The topological polar surface area (TPSA) is 72.3 Å². The molecular formula is C26H30FN5O2. The fraction of sp³-hybridized carbons (Fsp3) is 0.500. The fourth-order valence-electron chi connectivity index (χ4n) is 5.67. The van der Waals surface area contributed by atoms with Crippen LogP contribution >= 0.6 is 0 Å². The van der Waals surface area contributed by atoms with Gasteiger partial charge in [0.1, 0.15) is 6.61 Å². The van der Waals surface area contributed by atoms with Gasteiger partial charge in [0.05, 0.1) is 22.9 Å². The first-order valence-electron chi connectivity index (χ1n) is 12.4. The third-order valence-electron chi connectivity index (χ3n) is 7.53. The van der Waals surface area contributed by atoms with Crippen molar-refractivity contribution >= 4 is 10.9 Å². The molecule has 3 aromatic rings. The Labute approximate surface area is 197 Å². The summed E-state index contributed by atoms with van der Waals surface area (Å²) in [5.74, 6) is -0.222. The lowest BCUT2D eigenvalue weighted by Gasteiger charge is -2.36. The average Bonchev–Trinajstić information content (AvgIpc) is 2.87. The summed E-state index contributed by atoms with van der Waals surface area (Å²) >= 11 is 0. The van der Waals surface area contributed by atoms with Gasteiger partial charge in [0.25, 0.3) is 5.56 Å². The fourth-order valence-corrected chi connectivity index (χ4v) is 5.67. The maximum atomic E-state index is 14.3. The molecule has 8 heteroatoms. The van der Waals surface area contributed by atoms with E-state index in [0.29, 0.717) is 18.2 Å². The van der Waals surface area contributed by atoms with Crippen LogP contribution in [0.5, 0.6) is 5.75 Å². The van der Waals surface area contributed by atoms with E-state index in [2.05, 4.69) is 26.5 Å². The van der Waals surface area contributed by atoms with Crippen LogP contribution in [0.3, 0.4) is 0 Å². The summed E-state index contributed by atoms with van der Waals surface area (Å²) in [5.41, 5.74) is 4.05. The predicted molar refractivity (Wildman–Crippen MR) is 128 cm³/mol. The minimum absolute atomic E-state index is 0.102. The van der Waals surface area contributed by atoms with Gasteiger partial charge >= 0.3 is 0 Å². The van der Waals surface area contributed by atoms with Crippen LogP contribution in [0.4, 0.5) is 4.39 Å². The van der Waals surface area contributed by atoms with E-state index < -0.39 is 5.82 Å². The Morgan fingerprint density at radius 3 is 2.79 bits per heavy atom. The molecule has 0 radical (unpaired) electrons. The summed E-state index contributed by atoms with van der Waals surface area (Å²) in [6, 6.07) is 8.97. The van der Waals surface area contributed by atoms with Gasteiger partial charge in [0, 0.05) is 30.6 Å². The molecule has 178 valence electrons. The Bertz CT molecular complexity index is 1270. The number of benzene rings is 1. The van der Waals surface area contributed by atoms with Crippen molar-refractivity contribution in [3.8, 4) is 5.75 Å². The van der Waals surface area contributed by atoms with Gasteiger partial charge in [-0.3, -0.25) is 9.36 Å². The zero-order chi connectivity index (χ0) is 23.1. The molecule has 2 aliphatic heterocycles. The highest BCUT2D eigenvalue weighted by Gasteiger charge is 2.29. The number of likely N-dealkylation sites (tertiary alicyclic amines) is 1. The van der Waals surface area contributed by atoms with Crippen molar-refractivity contribution in [3.05, 3.63) is 63.5 Å². The maximum absolute atomic E-state index is 14.3. The van der Waals surface area contributed by atoms with Crippen LogP contribution < -0.4 is 15.6 Å². The summed E-state index contributed by atoms with van der Waals surface area (Å²) in [7, 11) is 0. The molecule has 34 heavy (non-hydrogen) atoms. The highest BCUT2D eigenvalue weighted by atomic mass is 19.1. The number of pyridine rings is 1. The van der Waals surface area contributed by atoms with Crippen molar-refractivity contribution in [2.24, 2.45) is 0 Å². The minimum Gasteiger partial charge on any atom is -0.486 e. The molecule has 1 fully saturated rings. The Hall–Kier alpha value is -2.84. The zero-order valence-electron chi connectivity index (χ0n) is 19.3. The second-order valence-electron chi connectivity index (χ2n) is 9.79. The molecule has 0 unspecified atom stereocenters. The van der Waals surface area contributed by atoms with E-state index in [0.717, 1.165) is 62.9 Å². The lowest BCUT2D eigenvalue weighted by Crippen LogP contribution is -2.46. The molecule has 7 nitrogen and oxygen atoms in total. The lowest BCUT2D eigenvalue weighted by atomic mass is 9.96. The summed E-state index contributed by atoms with van der Waals surface area (Å²) in [6.07, 6.45) is 6.72. The number of nitrogens with one attached hydrogen (secondary N) is 1. The second-order valence-corrected chi connectivity index (χ2v) is 9.79. The van der Waals surface area contributed by atoms with E-state index in [9.17, 15) is 9.18 Å². The van der Waals surface area contributed by atoms with E-state index >= 15 is 0 Å². The third kappa shape index (κ3) is 4.09. The SMILES string of the molecule is O=c1ccc2ccc(F)c3c2n1[C@H](CN1CCC(NCc2cc4c(nn2)CCCC4)CC1)CO3. The molecule has 0 saturated carbocycles. The number of hydrogen-bond acceptors (Lipinski definition) is 6. The van der Waals surface area contributed by atoms with Crippen molar-refractivity contribution in [1.29, 1.82) is 0 Å². The summed E-state index contributed by atoms with van der Waals surface area (Å²) in [5, 5.41) is 13.4. The lowest BCUT2D eigenvalue weighted by molar-refractivity contribution is 0.137. The quantitative estimate of drug-likeness (QED) is 0.627. The Morgan fingerprint density at radius 1 is 1.09 bits per heavy atom. The standard InChI is InChI=1S/C26H30FN5O2/c27-22-7-5-17-6-8-24(33)32-21(16-34-26(22)25(17)32)15-31-11-9-19(10-12-31)28-14-20-13-18-3-1-2-4-23(18)30-29-20/h5-8,13,19,21,28H,1-4,9-12,14-16H2/t21-/m1/s1. The highest BCUT2D eigenvalue weighted by molar-refractivity contribution is 5.85. The van der Waals surface area contributed by atoms with Gasteiger partial charge in [-0.2, -0.15) is 10.2 Å². The third-order valence-corrected chi connectivity index (χ3v) is 7.53. The summed E-state index contributed by atoms with van der Waals surface area (Å²) < 4.78 is 21.8. The van der Waals surface area contributed by atoms with Crippen molar-refractivity contribution in [3.63, 3.8) is 0 Å². The number of piperidine rings is 1. The van der Waals surface area contributed by atoms with Crippen LogP contribution in [-0.2, 0) is 19.4 Å². The number of nitrogens with zero attached hydrogens (tertiary/aromatic N) is 4. The van der Waals surface area contributed by atoms with Gasteiger partial charge in [0.2, 0.25) is 0 Å². The first-order chi connectivity index (χ1) is 16.7. The van der Waals surface area contributed by atoms with Crippen molar-refractivity contribution < 1.29 is 9.13 Å². The molecule has 0 amide bonds. The first-order valence-corrected chi connectivity index (χ1v) is 12.4. The summed E-state index contributed by atoms with van der Waals surface area (Å²) in [4.78, 5) is 15.1. The molecule has 1 atom stereocenters. The second kappa shape index (κ2) is 9.07. The number of ether oxygens (including phenoxy) is 1. The summed E-state index contributed by atoms with van der Waals surface area (Å²) in [6.45, 7) is 3.68. The molecule has 1 aromatic carbocycles. The minimum atomic E-state index is -0.416. The van der Waals surface area contributed by atoms with Crippen LogP contribution in [0, 0.1) is 5.82 Å². The van der Waals surface area contributed by atoms with Crippen molar-refractivity contribution in [1.82, 2.24) is 25.0 Å².